The second-order valence-electron chi connectivity index (χ2n) is 6.01. The topological polar surface area (TPSA) is 71.3 Å². The van der Waals surface area contributed by atoms with E-state index in [-0.39, 0.29) is 12.0 Å². The number of nitriles is 1. The zero-order chi connectivity index (χ0) is 19.2. The van der Waals surface area contributed by atoms with Crippen LogP contribution in [0.2, 0.25) is 0 Å². The highest BCUT2D eigenvalue weighted by atomic mass is 16.5. The van der Waals surface area contributed by atoms with Crippen molar-refractivity contribution in [1.29, 1.82) is 5.26 Å². The number of rotatable bonds is 7. The smallest absolute Gasteiger partial charge is 0.333 e. The largest absolute Gasteiger partial charge is 0.497 e. The van der Waals surface area contributed by atoms with Crippen LogP contribution in [-0.2, 0) is 15.1 Å². The lowest BCUT2D eigenvalue weighted by Crippen LogP contribution is -2.35. The lowest BCUT2D eigenvalue weighted by atomic mass is 9.84. The first-order chi connectivity index (χ1) is 12.4. The lowest BCUT2D eigenvalue weighted by molar-refractivity contribution is -0.136. The Balaban J connectivity index is 2.44. The van der Waals surface area contributed by atoms with Gasteiger partial charge in [-0.25, -0.2) is 4.79 Å². The molecule has 0 amide bonds. The molecule has 1 unspecified atom stereocenters. The predicted molar refractivity (Wildman–Crippen MR) is 101 cm³/mol. The van der Waals surface area contributed by atoms with Gasteiger partial charge in [-0.2, -0.15) is 5.26 Å². The van der Waals surface area contributed by atoms with Gasteiger partial charge in [0, 0.05) is 17.7 Å². The van der Waals surface area contributed by atoms with Gasteiger partial charge in [-0.15, -0.1) is 0 Å². The number of aryl methyl sites for hydroxylation is 1. The molecule has 26 heavy (non-hydrogen) atoms. The first kappa shape index (κ1) is 19.1. The molecule has 5 nitrogen and oxygen atoms in total. The van der Waals surface area contributed by atoms with E-state index in [0.29, 0.717) is 5.75 Å². The average Bonchev–Trinajstić information content (AvgIpc) is 2.67. The molecule has 2 rings (SSSR count). The summed E-state index contributed by atoms with van der Waals surface area (Å²) in [5.74, 6) is 0.181. The van der Waals surface area contributed by atoms with Gasteiger partial charge in [0.2, 0.25) is 0 Å². The molecular formula is C21H22N2O3. The molecule has 0 spiro atoms. The molecule has 5 heteroatoms. The molecule has 0 bridgehead atoms. The number of benzene rings is 2. The number of hydrogen-bond acceptors (Lipinski definition) is 5. The number of carbonyl (C=O) groups is 1. The quantitative estimate of drug-likeness (QED) is 0.605. The van der Waals surface area contributed by atoms with Crippen molar-refractivity contribution < 1.29 is 14.3 Å². The highest BCUT2D eigenvalue weighted by Gasteiger charge is 2.35. The fraction of sp³-hybridized carbons (Fsp3) is 0.238. The zero-order valence-electron chi connectivity index (χ0n) is 15.2. The van der Waals surface area contributed by atoms with Crippen LogP contribution in [0.3, 0.4) is 0 Å². The number of nitrogens with zero attached hydrogens (tertiary/aromatic N) is 1. The summed E-state index contributed by atoms with van der Waals surface area (Å²) >= 11 is 0. The van der Waals surface area contributed by atoms with Gasteiger partial charge in [0.05, 0.1) is 20.3 Å². The number of anilines is 1. The molecule has 2 aromatic rings. The van der Waals surface area contributed by atoms with Gasteiger partial charge in [0.1, 0.15) is 5.75 Å². The molecule has 0 aliphatic rings. The predicted octanol–water partition coefficient (Wildman–Crippen LogP) is 3.95. The van der Waals surface area contributed by atoms with Crippen molar-refractivity contribution in [2.45, 2.75) is 18.9 Å². The minimum atomic E-state index is -1.16. The van der Waals surface area contributed by atoms with E-state index in [2.05, 4.69) is 18.0 Å². The first-order valence-electron chi connectivity index (χ1n) is 8.11. The van der Waals surface area contributed by atoms with Gasteiger partial charge in [-0.1, -0.05) is 36.4 Å². The monoisotopic (exact) mass is 350 g/mol. The summed E-state index contributed by atoms with van der Waals surface area (Å²) in [5.41, 5.74) is 1.61. The Labute approximate surface area is 153 Å². The Morgan fingerprint density at radius 1 is 1.15 bits per heavy atom. The van der Waals surface area contributed by atoms with Crippen molar-refractivity contribution >= 4 is 11.7 Å². The molecule has 1 N–H and O–H groups in total. The van der Waals surface area contributed by atoms with Crippen LogP contribution in [0, 0.1) is 18.3 Å². The first-order valence-corrected chi connectivity index (χ1v) is 8.11. The van der Waals surface area contributed by atoms with Crippen molar-refractivity contribution in [1.82, 2.24) is 0 Å². The van der Waals surface area contributed by atoms with Gasteiger partial charge in [0.25, 0.3) is 0 Å². The molecule has 0 aromatic heterocycles. The maximum Gasteiger partial charge on any atom is 0.333 e. The Morgan fingerprint density at radius 3 is 2.27 bits per heavy atom. The second kappa shape index (κ2) is 8.21. The third-order valence-corrected chi connectivity index (χ3v) is 4.14. The van der Waals surface area contributed by atoms with Gasteiger partial charge < -0.3 is 14.8 Å². The van der Waals surface area contributed by atoms with E-state index < -0.39 is 11.5 Å². The standard InChI is InChI=1S/C21H22N2O3/c1-15-5-7-17(8-6-15)21(14-22,13-16(2)20(24)26-4)23-18-9-11-19(25-3)12-10-18/h5-12,23H,2,13H2,1,3-4H3. The zero-order valence-corrected chi connectivity index (χ0v) is 15.2. The number of nitrogens with one attached hydrogen (secondary N) is 1. The maximum atomic E-state index is 11.9. The molecule has 2 aromatic carbocycles. The highest BCUT2D eigenvalue weighted by molar-refractivity contribution is 5.88. The molecule has 1 atom stereocenters. The highest BCUT2D eigenvalue weighted by Crippen LogP contribution is 2.33. The fourth-order valence-electron chi connectivity index (χ4n) is 2.65. The van der Waals surface area contributed by atoms with Crippen LogP contribution in [0.5, 0.6) is 5.75 Å². The maximum absolute atomic E-state index is 11.9. The summed E-state index contributed by atoms with van der Waals surface area (Å²) in [4.78, 5) is 11.9. The molecule has 0 aliphatic carbocycles. The van der Waals surface area contributed by atoms with Crippen molar-refractivity contribution in [2.75, 3.05) is 19.5 Å². The van der Waals surface area contributed by atoms with E-state index >= 15 is 0 Å². The second-order valence-corrected chi connectivity index (χ2v) is 6.01. The van der Waals surface area contributed by atoms with E-state index in [1.165, 1.54) is 7.11 Å². The summed E-state index contributed by atoms with van der Waals surface area (Å²) in [6.45, 7) is 5.76. The van der Waals surface area contributed by atoms with Crippen LogP contribution in [-0.4, -0.2) is 20.2 Å². The third kappa shape index (κ3) is 4.22. The molecule has 0 aliphatic heterocycles. The van der Waals surface area contributed by atoms with Crippen LogP contribution >= 0.6 is 0 Å². The summed E-state index contributed by atoms with van der Waals surface area (Å²) in [6, 6.07) is 17.2. The van der Waals surface area contributed by atoms with E-state index in [9.17, 15) is 10.1 Å². The Kier molecular flexibility index (Phi) is 6.03. The van der Waals surface area contributed by atoms with Gasteiger partial charge in [-0.3, -0.25) is 0 Å². The molecule has 0 heterocycles. The number of esters is 1. The number of hydrogen-bond donors (Lipinski definition) is 1. The third-order valence-electron chi connectivity index (χ3n) is 4.14. The lowest BCUT2D eigenvalue weighted by Gasteiger charge is -2.30. The van der Waals surface area contributed by atoms with Crippen molar-refractivity contribution in [3.63, 3.8) is 0 Å². The summed E-state index contributed by atoms with van der Waals surface area (Å²) in [5, 5.41) is 13.3. The molecule has 0 saturated carbocycles. The van der Waals surface area contributed by atoms with E-state index in [1.54, 1.807) is 19.2 Å². The van der Waals surface area contributed by atoms with E-state index in [4.69, 9.17) is 9.47 Å². The van der Waals surface area contributed by atoms with E-state index in [0.717, 1.165) is 16.8 Å². The molecule has 0 saturated heterocycles. The Hall–Kier alpha value is -3.26. The molecular weight excluding hydrogens is 328 g/mol. The van der Waals surface area contributed by atoms with Crippen molar-refractivity contribution in [2.24, 2.45) is 0 Å². The summed E-state index contributed by atoms with van der Waals surface area (Å²) < 4.78 is 9.91. The van der Waals surface area contributed by atoms with Crippen LogP contribution < -0.4 is 10.1 Å². The number of carbonyl (C=O) groups excluding carboxylic acids is 1. The normalized spacial score (nSPS) is 12.4. The number of ether oxygens (including phenoxy) is 2. The fourth-order valence-corrected chi connectivity index (χ4v) is 2.65. The minimum Gasteiger partial charge on any atom is -0.497 e. The Morgan fingerprint density at radius 2 is 1.77 bits per heavy atom. The van der Waals surface area contributed by atoms with Gasteiger partial charge >= 0.3 is 5.97 Å². The SMILES string of the molecule is C=C(CC(C#N)(Nc1ccc(OC)cc1)c1ccc(C)cc1)C(=O)OC. The summed E-state index contributed by atoms with van der Waals surface area (Å²) in [6.07, 6.45) is 0.0886. The average molecular weight is 350 g/mol. The molecule has 0 fully saturated rings. The van der Waals surface area contributed by atoms with Gasteiger partial charge in [0.15, 0.2) is 5.54 Å². The minimum absolute atomic E-state index is 0.0886. The number of methoxy groups -OCH3 is 2. The molecule has 0 radical (unpaired) electrons. The summed E-state index contributed by atoms with van der Waals surface area (Å²) in [7, 11) is 2.89. The molecule has 134 valence electrons. The van der Waals surface area contributed by atoms with Crippen LogP contribution in [0.25, 0.3) is 0 Å². The van der Waals surface area contributed by atoms with E-state index in [1.807, 2.05) is 43.3 Å². The van der Waals surface area contributed by atoms with Crippen LogP contribution in [0.1, 0.15) is 17.5 Å². The van der Waals surface area contributed by atoms with Crippen molar-refractivity contribution in [3.8, 4) is 11.8 Å². The van der Waals surface area contributed by atoms with Crippen LogP contribution in [0.15, 0.2) is 60.7 Å². The van der Waals surface area contributed by atoms with Crippen molar-refractivity contribution in [3.05, 3.63) is 71.8 Å². The van der Waals surface area contributed by atoms with Crippen LogP contribution in [0.4, 0.5) is 5.69 Å². The Bertz CT molecular complexity index is 820. The van der Waals surface area contributed by atoms with Gasteiger partial charge in [-0.05, 0) is 36.8 Å².